The van der Waals surface area contributed by atoms with Crippen LogP contribution in [0.2, 0.25) is 0 Å². The second-order valence-corrected chi connectivity index (χ2v) is 4.40. The van der Waals surface area contributed by atoms with E-state index in [1.807, 2.05) is 0 Å². The number of nitrogens with one attached hydrogen (secondary N) is 1. The van der Waals surface area contributed by atoms with Gasteiger partial charge in [-0.1, -0.05) is 0 Å². The van der Waals surface area contributed by atoms with Gasteiger partial charge in [-0.15, -0.1) is 0 Å². The van der Waals surface area contributed by atoms with Crippen LogP contribution in [-0.4, -0.2) is 50.7 Å². The molecule has 0 spiro atoms. The molecule has 2 atom stereocenters. The van der Waals surface area contributed by atoms with Gasteiger partial charge in [-0.3, -0.25) is 4.79 Å². The van der Waals surface area contributed by atoms with Crippen LogP contribution in [0, 0.1) is 5.92 Å². The van der Waals surface area contributed by atoms with E-state index in [0.717, 1.165) is 26.2 Å². The lowest BCUT2D eigenvalue weighted by Crippen LogP contribution is -2.36. The van der Waals surface area contributed by atoms with Gasteiger partial charge < -0.3 is 15.0 Å². The average molecular weight is 214 g/mol. The van der Waals surface area contributed by atoms with E-state index < -0.39 is 0 Å². The van der Waals surface area contributed by atoms with Gasteiger partial charge in [0.05, 0.1) is 6.61 Å². The largest absolute Gasteiger partial charge is 0.381 e. The molecule has 1 aliphatic heterocycles. The maximum Gasteiger partial charge on any atom is 0.223 e. The third-order valence-electron chi connectivity index (χ3n) is 2.98. The number of nitrogens with zero attached hydrogens (tertiary/aromatic N) is 1. The van der Waals surface area contributed by atoms with E-state index in [-0.39, 0.29) is 5.91 Å². The fourth-order valence-electron chi connectivity index (χ4n) is 1.74. The Hall–Kier alpha value is -0.610. The summed E-state index contributed by atoms with van der Waals surface area (Å²) in [5.41, 5.74) is 0. The van der Waals surface area contributed by atoms with E-state index in [1.165, 1.54) is 0 Å². The van der Waals surface area contributed by atoms with E-state index >= 15 is 0 Å². The predicted octanol–water partition coefficient (Wildman–Crippen LogP) is 0.479. The van der Waals surface area contributed by atoms with E-state index in [1.54, 1.807) is 19.0 Å². The van der Waals surface area contributed by atoms with Crippen LogP contribution in [0.25, 0.3) is 0 Å². The first-order valence-corrected chi connectivity index (χ1v) is 5.62. The normalized spacial score (nSPS) is 22.7. The molecule has 0 aliphatic carbocycles. The van der Waals surface area contributed by atoms with Gasteiger partial charge in [0.2, 0.25) is 5.91 Å². The fraction of sp³-hybridized carbons (Fsp3) is 0.909. The van der Waals surface area contributed by atoms with Crippen LogP contribution in [0.1, 0.15) is 19.8 Å². The molecule has 0 radical (unpaired) electrons. The van der Waals surface area contributed by atoms with E-state index in [9.17, 15) is 4.79 Å². The van der Waals surface area contributed by atoms with E-state index in [2.05, 4.69) is 12.2 Å². The quantitative estimate of drug-likeness (QED) is 0.724. The van der Waals surface area contributed by atoms with Gasteiger partial charge in [0.25, 0.3) is 0 Å². The Labute approximate surface area is 92.0 Å². The van der Waals surface area contributed by atoms with Crippen molar-refractivity contribution in [3.05, 3.63) is 0 Å². The Kier molecular flexibility index (Phi) is 5.05. The molecule has 0 aromatic carbocycles. The lowest BCUT2D eigenvalue weighted by atomic mass is 10.0. The number of carbonyl (C=O) groups is 1. The molecule has 1 N–H and O–H groups in total. The second kappa shape index (κ2) is 6.08. The third kappa shape index (κ3) is 4.18. The monoisotopic (exact) mass is 214 g/mol. The summed E-state index contributed by atoms with van der Waals surface area (Å²) in [6.45, 7) is 4.66. The lowest BCUT2D eigenvalue weighted by Gasteiger charge is -2.19. The molecule has 1 amide bonds. The first kappa shape index (κ1) is 12.5. The summed E-state index contributed by atoms with van der Waals surface area (Å²) >= 11 is 0. The van der Waals surface area contributed by atoms with Gasteiger partial charge in [-0.2, -0.15) is 0 Å². The maximum absolute atomic E-state index is 11.3. The molecule has 0 saturated carbocycles. The van der Waals surface area contributed by atoms with Crippen LogP contribution in [0.15, 0.2) is 0 Å². The number of amides is 1. The van der Waals surface area contributed by atoms with E-state index in [0.29, 0.717) is 18.4 Å². The van der Waals surface area contributed by atoms with Gasteiger partial charge in [-0.25, -0.2) is 0 Å². The molecule has 2 unspecified atom stereocenters. The molecule has 0 bridgehead atoms. The van der Waals surface area contributed by atoms with Crippen molar-refractivity contribution < 1.29 is 9.53 Å². The topological polar surface area (TPSA) is 41.6 Å². The Morgan fingerprint density at radius 1 is 1.60 bits per heavy atom. The molecule has 1 fully saturated rings. The van der Waals surface area contributed by atoms with Crippen LogP contribution < -0.4 is 5.32 Å². The zero-order valence-electron chi connectivity index (χ0n) is 9.95. The van der Waals surface area contributed by atoms with Gasteiger partial charge in [-0.05, 0) is 19.3 Å². The standard InChI is InChI=1S/C11H22N2O2/c1-9(10-5-7-15-8-10)12-6-4-11(14)13(2)3/h9-10,12H,4-8H2,1-3H3. The Morgan fingerprint density at radius 3 is 2.87 bits per heavy atom. The summed E-state index contributed by atoms with van der Waals surface area (Å²) < 4.78 is 5.33. The lowest BCUT2D eigenvalue weighted by molar-refractivity contribution is -0.128. The van der Waals surface area contributed by atoms with Crippen molar-refractivity contribution >= 4 is 5.91 Å². The van der Waals surface area contributed by atoms with Crippen LogP contribution in [-0.2, 0) is 9.53 Å². The average Bonchev–Trinajstić information content (AvgIpc) is 2.70. The molecule has 1 saturated heterocycles. The molecular weight excluding hydrogens is 192 g/mol. The minimum absolute atomic E-state index is 0.178. The molecule has 15 heavy (non-hydrogen) atoms. The van der Waals surface area contributed by atoms with E-state index in [4.69, 9.17) is 4.74 Å². The molecular formula is C11H22N2O2. The van der Waals surface area contributed by atoms with Crippen molar-refractivity contribution in [2.24, 2.45) is 5.92 Å². The van der Waals surface area contributed by atoms with Crippen LogP contribution >= 0.6 is 0 Å². The second-order valence-electron chi connectivity index (χ2n) is 4.40. The highest BCUT2D eigenvalue weighted by atomic mass is 16.5. The number of rotatable bonds is 5. The van der Waals surface area contributed by atoms with Crippen molar-refractivity contribution in [3.8, 4) is 0 Å². The van der Waals surface area contributed by atoms with Crippen LogP contribution in [0.3, 0.4) is 0 Å². The van der Waals surface area contributed by atoms with Gasteiger partial charge in [0, 0.05) is 39.7 Å². The number of ether oxygens (including phenoxy) is 1. The first-order valence-electron chi connectivity index (χ1n) is 5.62. The highest BCUT2D eigenvalue weighted by Gasteiger charge is 2.21. The summed E-state index contributed by atoms with van der Waals surface area (Å²) in [7, 11) is 3.58. The van der Waals surface area contributed by atoms with Crippen molar-refractivity contribution in [2.45, 2.75) is 25.8 Å². The Balaban J connectivity index is 2.11. The van der Waals surface area contributed by atoms with Crippen molar-refractivity contribution in [2.75, 3.05) is 33.9 Å². The van der Waals surface area contributed by atoms with Crippen molar-refractivity contribution in [3.63, 3.8) is 0 Å². The SMILES string of the molecule is CC(NCCC(=O)N(C)C)C1CCOC1. The molecule has 88 valence electrons. The summed E-state index contributed by atoms with van der Waals surface area (Å²) in [6.07, 6.45) is 1.71. The Bertz CT molecular complexity index is 201. The minimum Gasteiger partial charge on any atom is -0.381 e. The molecule has 4 nitrogen and oxygen atoms in total. The zero-order valence-corrected chi connectivity index (χ0v) is 9.95. The van der Waals surface area contributed by atoms with Crippen molar-refractivity contribution in [1.82, 2.24) is 10.2 Å². The molecule has 0 aromatic heterocycles. The van der Waals surface area contributed by atoms with Crippen LogP contribution in [0.5, 0.6) is 0 Å². The summed E-state index contributed by atoms with van der Waals surface area (Å²) in [4.78, 5) is 12.9. The molecule has 1 rings (SSSR count). The minimum atomic E-state index is 0.178. The molecule has 0 aromatic rings. The highest BCUT2D eigenvalue weighted by Crippen LogP contribution is 2.16. The summed E-state index contributed by atoms with van der Waals surface area (Å²) in [5.74, 6) is 0.789. The van der Waals surface area contributed by atoms with Crippen LogP contribution in [0.4, 0.5) is 0 Å². The molecule has 4 heteroatoms. The molecule has 1 aliphatic rings. The number of carbonyl (C=O) groups excluding carboxylic acids is 1. The van der Waals surface area contributed by atoms with Crippen molar-refractivity contribution in [1.29, 1.82) is 0 Å². The van der Waals surface area contributed by atoms with Gasteiger partial charge >= 0.3 is 0 Å². The number of hydrogen-bond acceptors (Lipinski definition) is 3. The third-order valence-corrected chi connectivity index (χ3v) is 2.98. The van der Waals surface area contributed by atoms with Gasteiger partial charge in [0.1, 0.15) is 0 Å². The zero-order chi connectivity index (χ0) is 11.3. The predicted molar refractivity (Wildman–Crippen MR) is 59.7 cm³/mol. The summed E-state index contributed by atoms with van der Waals surface area (Å²) in [5, 5.41) is 3.38. The smallest absolute Gasteiger partial charge is 0.223 e. The fourth-order valence-corrected chi connectivity index (χ4v) is 1.74. The summed E-state index contributed by atoms with van der Waals surface area (Å²) in [6, 6.07) is 0.447. The Morgan fingerprint density at radius 2 is 2.33 bits per heavy atom. The molecule has 1 heterocycles. The number of hydrogen-bond donors (Lipinski definition) is 1. The maximum atomic E-state index is 11.3. The highest BCUT2D eigenvalue weighted by molar-refractivity contribution is 5.75. The first-order chi connectivity index (χ1) is 7.11. The van der Waals surface area contributed by atoms with Gasteiger partial charge in [0.15, 0.2) is 0 Å².